The van der Waals surface area contributed by atoms with Crippen LogP contribution in [-0.4, -0.2) is 61.6 Å². The first kappa shape index (κ1) is 33.0. The molecule has 3 N–H and O–H groups in total. The molecule has 42 heavy (non-hydrogen) atoms. The summed E-state index contributed by atoms with van der Waals surface area (Å²) in [6, 6.07) is 5.04. The van der Waals surface area contributed by atoms with Gasteiger partial charge in [0.2, 0.25) is 10.0 Å². The van der Waals surface area contributed by atoms with Crippen molar-refractivity contribution in [2.45, 2.75) is 102 Å². The first-order chi connectivity index (χ1) is 19.4. The highest BCUT2D eigenvalue weighted by Gasteiger charge is 2.36. The summed E-state index contributed by atoms with van der Waals surface area (Å²) in [7, 11) is -6.98. The SMILES string of the molecule is Cc1c(S(=O)(=O)NC(C)(C)C)ccc(-c2cc(C(=O)NCC3(O)CCS(=O)(=O)CC3)c(C)n2CC2CCCCC2)c1Cl. The van der Waals surface area contributed by atoms with E-state index in [2.05, 4.69) is 14.6 Å². The predicted octanol–water partition coefficient (Wildman–Crippen LogP) is 4.75. The Kier molecular flexibility index (Phi) is 9.60. The molecular formula is C30H44ClN3O6S2. The lowest BCUT2D eigenvalue weighted by molar-refractivity contribution is 0.0296. The van der Waals surface area contributed by atoms with Gasteiger partial charge in [-0.25, -0.2) is 21.6 Å². The number of aromatic nitrogens is 1. The van der Waals surface area contributed by atoms with Crippen LogP contribution in [0.2, 0.25) is 5.02 Å². The Morgan fingerprint density at radius 1 is 1.12 bits per heavy atom. The summed E-state index contributed by atoms with van der Waals surface area (Å²) < 4.78 is 54.7. The number of sulfonamides is 1. The first-order valence-corrected chi connectivity index (χ1v) is 18.3. The van der Waals surface area contributed by atoms with Gasteiger partial charge in [-0.15, -0.1) is 0 Å². The second-order valence-electron chi connectivity index (χ2n) is 13.1. The third-order valence-electron chi connectivity index (χ3n) is 8.45. The number of hydrogen-bond donors (Lipinski definition) is 3. The summed E-state index contributed by atoms with van der Waals surface area (Å²) in [6.45, 7) is 9.56. The van der Waals surface area contributed by atoms with Gasteiger partial charge < -0.3 is 15.0 Å². The zero-order valence-corrected chi connectivity index (χ0v) is 27.6. The number of hydrogen-bond acceptors (Lipinski definition) is 6. The van der Waals surface area contributed by atoms with Crippen LogP contribution in [0.1, 0.15) is 87.3 Å². The molecule has 2 heterocycles. The van der Waals surface area contributed by atoms with Crippen molar-refractivity contribution in [1.82, 2.24) is 14.6 Å². The van der Waals surface area contributed by atoms with Crippen LogP contribution < -0.4 is 10.0 Å². The van der Waals surface area contributed by atoms with Crippen molar-refractivity contribution < 1.29 is 26.7 Å². The zero-order valence-electron chi connectivity index (χ0n) is 25.2. The molecule has 0 spiro atoms. The fourth-order valence-corrected chi connectivity index (χ4v) is 9.58. The van der Waals surface area contributed by atoms with Crippen molar-refractivity contribution in [3.63, 3.8) is 0 Å². The number of rotatable bonds is 8. The number of halogens is 1. The van der Waals surface area contributed by atoms with E-state index in [1.807, 2.05) is 6.92 Å². The number of amides is 1. The maximum Gasteiger partial charge on any atom is 0.253 e. The Hall–Kier alpha value is -1.92. The molecule has 0 atom stereocenters. The lowest BCUT2D eigenvalue weighted by Gasteiger charge is -2.31. The molecule has 12 heteroatoms. The van der Waals surface area contributed by atoms with E-state index in [1.54, 1.807) is 45.9 Å². The molecule has 1 aromatic carbocycles. The largest absolute Gasteiger partial charge is 0.388 e. The van der Waals surface area contributed by atoms with Gasteiger partial charge in [0.1, 0.15) is 0 Å². The number of nitrogens with zero attached hydrogens (tertiary/aromatic N) is 1. The van der Waals surface area contributed by atoms with E-state index in [9.17, 15) is 26.7 Å². The van der Waals surface area contributed by atoms with Crippen molar-refractivity contribution in [2.75, 3.05) is 18.1 Å². The topological polar surface area (TPSA) is 135 Å². The molecule has 0 bridgehead atoms. The minimum absolute atomic E-state index is 0.0445. The van der Waals surface area contributed by atoms with Crippen LogP contribution in [0.25, 0.3) is 11.3 Å². The Morgan fingerprint density at radius 3 is 2.33 bits per heavy atom. The second-order valence-corrected chi connectivity index (χ2v) is 17.4. The minimum Gasteiger partial charge on any atom is -0.388 e. The van der Waals surface area contributed by atoms with Gasteiger partial charge in [0.15, 0.2) is 9.84 Å². The smallest absolute Gasteiger partial charge is 0.253 e. The second kappa shape index (κ2) is 12.2. The standard InChI is InChI=1S/C30H44ClN3O6S2/c1-20-26(42(39,40)33-29(3,4)5)12-11-23(27(20)31)25-17-24(21(2)34(25)18-22-9-7-6-8-10-22)28(35)32-19-30(36)13-15-41(37,38)16-14-30/h11-12,17,22,33,36H,6-10,13-16,18-19H2,1-5H3,(H,32,35). The number of carbonyl (C=O) groups excluding carboxylic acids is 1. The number of nitrogens with one attached hydrogen (secondary N) is 2. The summed E-state index contributed by atoms with van der Waals surface area (Å²) in [4.78, 5) is 13.6. The fraction of sp³-hybridized carbons (Fsp3) is 0.633. The molecule has 1 aliphatic heterocycles. The molecule has 1 saturated carbocycles. The van der Waals surface area contributed by atoms with Crippen LogP contribution in [0, 0.1) is 19.8 Å². The molecule has 234 valence electrons. The van der Waals surface area contributed by atoms with E-state index in [-0.39, 0.29) is 41.7 Å². The molecule has 1 saturated heterocycles. The zero-order chi connectivity index (χ0) is 31.1. The summed E-state index contributed by atoms with van der Waals surface area (Å²) in [5, 5.41) is 14.0. The summed E-state index contributed by atoms with van der Waals surface area (Å²) in [5.74, 6) is -0.121. The van der Waals surface area contributed by atoms with Crippen molar-refractivity contribution in [3.05, 3.63) is 40.0 Å². The van der Waals surface area contributed by atoms with Gasteiger partial charge in [-0.3, -0.25) is 4.79 Å². The maximum atomic E-state index is 13.5. The van der Waals surface area contributed by atoms with Gasteiger partial charge in [0.05, 0.1) is 38.3 Å². The number of sulfone groups is 1. The van der Waals surface area contributed by atoms with E-state index in [0.29, 0.717) is 34.2 Å². The average molecular weight is 642 g/mol. The van der Waals surface area contributed by atoms with Crippen LogP contribution in [0.15, 0.2) is 23.1 Å². The lowest BCUT2D eigenvalue weighted by Crippen LogP contribution is -2.48. The van der Waals surface area contributed by atoms with Crippen LogP contribution in [0.4, 0.5) is 0 Å². The summed E-state index contributed by atoms with van der Waals surface area (Å²) >= 11 is 6.88. The molecule has 2 aromatic rings. The van der Waals surface area contributed by atoms with Gasteiger partial charge in [0.25, 0.3) is 5.91 Å². The van der Waals surface area contributed by atoms with E-state index >= 15 is 0 Å². The molecule has 2 fully saturated rings. The maximum absolute atomic E-state index is 13.5. The minimum atomic E-state index is -3.82. The summed E-state index contributed by atoms with van der Waals surface area (Å²) in [6.07, 6.45) is 5.89. The lowest BCUT2D eigenvalue weighted by atomic mass is 9.89. The van der Waals surface area contributed by atoms with E-state index in [0.717, 1.165) is 37.1 Å². The van der Waals surface area contributed by atoms with Crippen molar-refractivity contribution in [1.29, 1.82) is 0 Å². The average Bonchev–Trinajstić information content (AvgIpc) is 3.21. The third kappa shape index (κ3) is 7.59. The highest BCUT2D eigenvalue weighted by molar-refractivity contribution is 7.91. The molecule has 1 aromatic heterocycles. The normalized spacial score (nSPS) is 19.5. The predicted molar refractivity (Wildman–Crippen MR) is 166 cm³/mol. The molecule has 4 rings (SSSR count). The van der Waals surface area contributed by atoms with Crippen LogP contribution in [-0.2, 0) is 26.4 Å². The molecule has 9 nitrogen and oxygen atoms in total. The Morgan fingerprint density at radius 2 is 1.74 bits per heavy atom. The molecule has 0 unspecified atom stereocenters. The van der Waals surface area contributed by atoms with Gasteiger partial charge in [-0.1, -0.05) is 36.9 Å². The van der Waals surface area contributed by atoms with Gasteiger partial charge in [-0.05, 0) is 83.9 Å². The molecule has 1 aliphatic carbocycles. The van der Waals surface area contributed by atoms with E-state index in [4.69, 9.17) is 11.6 Å². The van der Waals surface area contributed by atoms with Crippen molar-refractivity contribution in [3.8, 4) is 11.3 Å². The first-order valence-electron chi connectivity index (χ1n) is 14.7. The Labute approximate surface area is 255 Å². The van der Waals surface area contributed by atoms with Crippen molar-refractivity contribution >= 4 is 37.4 Å². The van der Waals surface area contributed by atoms with Gasteiger partial charge >= 0.3 is 0 Å². The molecular weight excluding hydrogens is 598 g/mol. The quantitative estimate of drug-likeness (QED) is 0.381. The molecule has 1 amide bonds. The van der Waals surface area contributed by atoms with Gasteiger partial charge in [0, 0.05) is 29.9 Å². The highest BCUT2D eigenvalue weighted by atomic mass is 35.5. The number of carbonyl (C=O) groups is 1. The van der Waals surface area contributed by atoms with Gasteiger partial charge in [-0.2, -0.15) is 0 Å². The fourth-order valence-electron chi connectivity index (χ4n) is 6.01. The van der Waals surface area contributed by atoms with Crippen LogP contribution in [0.3, 0.4) is 0 Å². The monoisotopic (exact) mass is 641 g/mol. The Balaban J connectivity index is 1.69. The Bertz CT molecular complexity index is 1540. The number of aliphatic hydroxyl groups is 1. The third-order valence-corrected chi connectivity index (χ3v) is 12.5. The highest BCUT2D eigenvalue weighted by Crippen LogP contribution is 2.38. The molecule has 2 aliphatic rings. The van der Waals surface area contributed by atoms with E-state index < -0.39 is 31.0 Å². The number of benzene rings is 1. The molecule has 0 radical (unpaired) electrons. The summed E-state index contributed by atoms with van der Waals surface area (Å²) in [5.41, 5.74) is 1.05. The van der Waals surface area contributed by atoms with Crippen LogP contribution in [0.5, 0.6) is 0 Å². The van der Waals surface area contributed by atoms with Crippen molar-refractivity contribution in [2.24, 2.45) is 5.92 Å². The van der Waals surface area contributed by atoms with Crippen LogP contribution >= 0.6 is 11.6 Å². The van der Waals surface area contributed by atoms with E-state index in [1.165, 1.54) is 6.42 Å².